The molecule has 0 aromatic heterocycles. The molecule has 1 saturated heterocycles. The number of hydrogen-bond acceptors (Lipinski definition) is 4. The van der Waals surface area contributed by atoms with Crippen molar-refractivity contribution in [3.63, 3.8) is 0 Å². The highest BCUT2D eigenvalue weighted by Crippen LogP contribution is 2.09. The first-order valence-corrected chi connectivity index (χ1v) is 6.81. The van der Waals surface area contributed by atoms with Crippen LogP contribution in [-0.4, -0.2) is 50.2 Å². The van der Waals surface area contributed by atoms with Gasteiger partial charge in [-0.15, -0.1) is 0 Å². The number of piperidine rings is 1. The molecule has 4 nitrogen and oxygen atoms in total. The maximum absolute atomic E-state index is 11.6. The van der Waals surface area contributed by atoms with E-state index in [9.17, 15) is 4.79 Å². The predicted octanol–water partition coefficient (Wildman–Crippen LogP) is 1.40. The maximum atomic E-state index is 11.6. The summed E-state index contributed by atoms with van der Waals surface area (Å²) in [5.74, 6) is -0.129. The van der Waals surface area contributed by atoms with Gasteiger partial charge in [-0.3, -0.25) is 4.79 Å². The Morgan fingerprint density at radius 2 is 2.06 bits per heavy atom. The molecule has 17 heavy (non-hydrogen) atoms. The van der Waals surface area contributed by atoms with Crippen LogP contribution in [0.25, 0.3) is 0 Å². The Bertz CT molecular complexity index is 215. The van der Waals surface area contributed by atoms with Gasteiger partial charge in [0.15, 0.2) is 0 Å². The van der Waals surface area contributed by atoms with Crippen molar-refractivity contribution in [2.75, 3.05) is 33.3 Å². The van der Waals surface area contributed by atoms with Crippen LogP contribution in [0.4, 0.5) is 0 Å². The first-order valence-electron chi connectivity index (χ1n) is 6.81. The number of nitrogens with zero attached hydrogens (tertiary/aromatic N) is 1. The summed E-state index contributed by atoms with van der Waals surface area (Å²) in [4.78, 5) is 14.0. The van der Waals surface area contributed by atoms with E-state index in [0.717, 1.165) is 25.9 Å². The summed E-state index contributed by atoms with van der Waals surface area (Å²) in [6.07, 6.45) is 5.84. The maximum Gasteiger partial charge on any atom is 0.322 e. The van der Waals surface area contributed by atoms with Gasteiger partial charge in [-0.25, -0.2) is 0 Å². The lowest BCUT2D eigenvalue weighted by Crippen LogP contribution is -2.41. The van der Waals surface area contributed by atoms with Gasteiger partial charge in [-0.05, 0) is 45.3 Å². The zero-order valence-corrected chi connectivity index (χ0v) is 11.2. The monoisotopic (exact) mass is 242 g/mol. The van der Waals surface area contributed by atoms with Crippen molar-refractivity contribution in [3.05, 3.63) is 0 Å². The van der Waals surface area contributed by atoms with Crippen LogP contribution in [0.15, 0.2) is 0 Å². The van der Waals surface area contributed by atoms with Crippen molar-refractivity contribution in [3.8, 4) is 0 Å². The predicted molar refractivity (Wildman–Crippen MR) is 69.0 cm³/mol. The fraction of sp³-hybridized carbons (Fsp3) is 0.923. The lowest BCUT2D eigenvalue weighted by atomic mass is 10.1. The second kappa shape index (κ2) is 8.48. The molecule has 1 atom stereocenters. The average Bonchev–Trinajstić information content (AvgIpc) is 2.39. The molecule has 1 unspecified atom stereocenters. The van der Waals surface area contributed by atoms with E-state index < -0.39 is 0 Å². The summed E-state index contributed by atoms with van der Waals surface area (Å²) in [7, 11) is 1.46. The molecule has 0 bridgehead atoms. The van der Waals surface area contributed by atoms with E-state index in [0.29, 0.717) is 0 Å². The van der Waals surface area contributed by atoms with Crippen molar-refractivity contribution in [1.29, 1.82) is 0 Å². The van der Waals surface area contributed by atoms with Crippen LogP contribution < -0.4 is 5.32 Å². The van der Waals surface area contributed by atoms with E-state index in [4.69, 9.17) is 4.74 Å². The summed E-state index contributed by atoms with van der Waals surface area (Å²) in [6, 6.07) is -0.137. The SMILES string of the molecule is CCCNC(CCN1CCCCC1)C(=O)OC. The molecule has 0 aliphatic carbocycles. The second-order valence-electron chi connectivity index (χ2n) is 4.72. The number of hydrogen-bond donors (Lipinski definition) is 1. The largest absolute Gasteiger partial charge is 0.468 e. The number of rotatable bonds is 7. The first-order chi connectivity index (χ1) is 8.27. The standard InChI is InChI=1S/C13H26N2O2/c1-3-8-14-12(13(16)17-2)7-11-15-9-5-4-6-10-15/h12,14H,3-11H2,1-2H3. The summed E-state index contributed by atoms with van der Waals surface area (Å²) >= 11 is 0. The van der Waals surface area contributed by atoms with Gasteiger partial charge >= 0.3 is 5.97 Å². The van der Waals surface area contributed by atoms with Gasteiger partial charge < -0.3 is 15.0 Å². The molecule has 0 radical (unpaired) electrons. The topological polar surface area (TPSA) is 41.6 Å². The number of methoxy groups -OCH3 is 1. The van der Waals surface area contributed by atoms with Crippen LogP contribution in [0.2, 0.25) is 0 Å². The molecule has 100 valence electrons. The minimum atomic E-state index is -0.137. The molecule has 1 rings (SSSR count). The zero-order valence-electron chi connectivity index (χ0n) is 11.2. The molecule has 1 fully saturated rings. The molecule has 1 heterocycles. The molecule has 0 aromatic rings. The average molecular weight is 242 g/mol. The molecule has 0 saturated carbocycles. The molecular weight excluding hydrogens is 216 g/mol. The van der Waals surface area contributed by atoms with E-state index >= 15 is 0 Å². The molecule has 1 aliphatic rings. The Hall–Kier alpha value is -0.610. The van der Waals surface area contributed by atoms with Crippen LogP contribution in [0, 0.1) is 0 Å². The summed E-state index contributed by atoms with van der Waals surface area (Å²) in [5, 5.41) is 3.26. The number of carbonyl (C=O) groups excluding carboxylic acids is 1. The highest BCUT2D eigenvalue weighted by atomic mass is 16.5. The lowest BCUT2D eigenvalue weighted by molar-refractivity contribution is -0.143. The van der Waals surface area contributed by atoms with Crippen LogP contribution in [-0.2, 0) is 9.53 Å². The van der Waals surface area contributed by atoms with Crippen molar-refractivity contribution in [2.24, 2.45) is 0 Å². The zero-order chi connectivity index (χ0) is 12.5. The molecule has 0 aromatic carbocycles. The molecule has 0 spiro atoms. The van der Waals surface area contributed by atoms with E-state index in [1.807, 2.05) is 0 Å². The fourth-order valence-electron chi connectivity index (χ4n) is 2.26. The van der Waals surface area contributed by atoms with Crippen LogP contribution >= 0.6 is 0 Å². The summed E-state index contributed by atoms with van der Waals surface area (Å²) in [5.41, 5.74) is 0. The van der Waals surface area contributed by atoms with Gasteiger partial charge in [0, 0.05) is 6.54 Å². The smallest absolute Gasteiger partial charge is 0.322 e. The third kappa shape index (κ3) is 5.50. The molecular formula is C13H26N2O2. The highest BCUT2D eigenvalue weighted by Gasteiger charge is 2.19. The number of likely N-dealkylation sites (tertiary alicyclic amines) is 1. The Morgan fingerprint density at radius 3 is 2.65 bits per heavy atom. The minimum absolute atomic E-state index is 0.129. The Labute approximate surface area is 105 Å². The van der Waals surface area contributed by atoms with Gasteiger partial charge in [0.05, 0.1) is 7.11 Å². The number of nitrogens with one attached hydrogen (secondary N) is 1. The van der Waals surface area contributed by atoms with E-state index in [-0.39, 0.29) is 12.0 Å². The second-order valence-corrected chi connectivity index (χ2v) is 4.72. The summed E-state index contributed by atoms with van der Waals surface area (Å²) < 4.78 is 4.83. The molecule has 0 amide bonds. The lowest BCUT2D eigenvalue weighted by Gasteiger charge is -2.27. The van der Waals surface area contributed by atoms with Crippen molar-refractivity contribution in [2.45, 2.75) is 45.1 Å². The minimum Gasteiger partial charge on any atom is -0.468 e. The van der Waals surface area contributed by atoms with Gasteiger partial charge in [-0.2, -0.15) is 0 Å². The van der Waals surface area contributed by atoms with Crippen molar-refractivity contribution in [1.82, 2.24) is 10.2 Å². The first kappa shape index (κ1) is 14.5. The van der Waals surface area contributed by atoms with Gasteiger partial charge in [0.25, 0.3) is 0 Å². The molecule has 1 aliphatic heterocycles. The third-order valence-electron chi connectivity index (χ3n) is 3.31. The highest BCUT2D eigenvalue weighted by molar-refractivity contribution is 5.75. The Kier molecular flexibility index (Phi) is 7.21. The van der Waals surface area contributed by atoms with Crippen LogP contribution in [0.5, 0.6) is 0 Å². The van der Waals surface area contributed by atoms with Crippen molar-refractivity contribution >= 4 is 5.97 Å². The molecule has 1 N–H and O–H groups in total. The Balaban J connectivity index is 2.28. The summed E-state index contributed by atoms with van der Waals surface area (Å²) in [6.45, 7) is 6.34. The Morgan fingerprint density at radius 1 is 1.35 bits per heavy atom. The normalized spacial score (nSPS) is 18.9. The number of esters is 1. The van der Waals surface area contributed by atoms with Crippen molar-refractivity contribution < 1.29 is 9.53 Å². The van der Waals surface area contributed by atoms with E-state index in [2.05, 4.69) is 17.1 Å². The number of ether oxygens (including phenoxy) is 1. The van der Waals surface area contributed by atoms with E-state index in [1.54, 1.807) is 0 Å². The number of carbonyl (C=O) groups is 1. The van der Waals surface area contributed by atoms with Gasteiger partial charge in [0.1, 0.15) is 6.04 Å². The third-order valence-corrected chi connectivity index (χ3v) is 3.31. The quantitative estimate of drug-likeness (QED) is 0.685. The van der Waals surface area contributed by atoms with Crippen LogP contribution in [0.1, 0.15) is 39.0 Å². The fourth-order valence-corrected chi connectivity index (χ4v) is 2.26. The van der Waals surface area contributed by atoms with Gasteiger partial charge in [-0.1, -0.05) is 13.3 Å². The molecule has 4 heteroatoms. The van der Waals surface area contributed by atoms with Gasteiger partial charge in [0.2, 0.25) is 0 Å². The van der Waals surface area contributed by atoms with E-state index in [1.165, 1.54) is 39.5 Å². The van der Waals surface area contributed by atoms with Crippen LogP contribution in [0.3, 0.4) is 0 Å².